The first kappa shape index (κ1) is 13.1. The Labute approximate surface area is 96.1 Å². The molecule has 1 atom stereocenters. The van der Waals surface area contributed by atoms with Gasteiger partial charge >= 0.3 is 0 Å². The summed E-state index contributed by atoms with van der Waals surface area (Å²) in [6.07, 6.45) is -0.784. The number of aliphatic hydroxyl groups excluding tert-OH is 1. The zero-order chi connectivity index (χ0) is 12.3. The lowest BCUT2D eigenvalue weighted by Crippen LogP contribution is -2.22. The molecule has 0 spiro atoms. The highest BCUT2D eigenvalue weighted by Gasteiger charge is 2.15. The van der Waals surface area contributed by atoms with Gasteiger partial charge in [-0.2, -0.15) is 0 Å². The fourth-order valence-corrected chi connectivity index (χ4v) is 1.38. The normalized spacial score (nSPS) is 13.9. The van der Waals surface area contributed by atoms with Crippen LogP contribution in [-0.2, 0) is 4.74 Å². The molecule has 2 nitrogen and oxygen atoms in total. The number of rotatable bonds is 3. The summed E-state index contributed by atoms with van der Waals surface area (Å²) in [6.45, 7) is 7.71. The molecular weight excluding hydrogens is 207 g/mol. The van der Waals surface area contributed by atoms with Crippen LogP contribution in [0, 0.1) is 12.7 Å². The Morgan fingerprint density at radius 1 is 1.31 bits per heavy atom. The molecule has 0 amide bonds. The molecule has 0 aliphatic carbocycles. The number of ether oxygens (including phenoxy) is 1. The van der Waals surface area contributed by atoms with Gasteiger partial charge in [-0.1, -0.05) is 6.07 Å². The van der Waals surface area contributed by atoms with Crippen molar-refractivity contribution in [2.24, 2.45) is 0 Å². The van der Waals surface area contributed by atoms with Crippen molar-refractivity contribution in [1.29, 1.82) is 0 Å². The molecule has 3 heteroatoms. The van der Waals surface area contributed by atoms with Crippen molar-refractivity contribution in [3.63, 3.8) is 0 Å². The molecule has 0 aliphatic heterocycles. The van der Waals surface area contributed by atoms with Crippen LogP contribution in [-0.4, -0.2) is 17.3 Å². The van der Waals surface area contributed by atoms with E-state index in [0.29, 0.717) is 5.56 Å². The predicted molar refractivity (Wildman–Crippen MR) is 61.8 cm³/mol. The molecule has 0 fully saturated rings. The Morgan fingerprint density at radius 2 is 1.94 bits per heavy atom. The Kier molecular flexibility index (Phi) is 4.05. The minimum absolute atomic E-state index is 0.173. The summed E-state index contributed by atoms with van der Waals surface area (Å²) < 4.78 is 18.6. The number of halogens is 1. The zero-order valence-corrected chi connectivity index (χ0v) is 10.2. The second-order valence-electron chi connectivity index (χ2n) is 5.00. The average Bonchev–Trinajstić information content (AvgIpc) is 2.11. The van der Waals surface area contributed by atoms with E-state index in [1.54, 1.807) is 13.0 Å². The first-order valence-electron chi connectivity index (χ1n) is 5.37. The van der Waals surface area contributed by atoms with Crippen molar-refractivity contribution in [3.8, 4) is 0 Å². The minimum atomic E-state index is -0.784. The van der Waals surface area contributed by atoms with E-state index in [1.165, 1.54) is 12.1 Å². The molecule has 1 unspecified atom stereocenters. The highest BCUT2D eigenvalue weighted by Crippen LogP contribution is 2.19. The van der Waals surface area contributed by atoms with Crippen LogP contribution in [0.25, 0.3) is 0 Å². The van der Waals surface area contributed by atoms with Crippen LogP contribution in [0.15, 0.2) is 18.2 Å². The van der Waals surface area contributed by atoms with Crippen molar-refractivity contribution in [2.75, 3.05) is 6.61 Å². The Balaban J connectivity index is 2.69. The van der Waals surface area contributed by atoms with Gasteiger partial charge in [0, 0.05) is 0 Å². The number of hydrogen-bond donors (Lipinski definition) is 1. The third kappa shape index (κ3) is 4.29. The van der Waals surface area contributed by atoms with Crippen molar-refractivity contribution < 1.29 is 14.2 Å². The lowest BCUT2D eigenvalue weighted by Gasteiger charge is -2.22. The van der Waals surface area contributed by atoms with E-state index in [9.17, 15) is 9.50 Å². The fourth-order valence-electron chi connectivity index (χ4n) is 1.38. The van der Waals surface area contributed by atoms with Gasteiger partial charge in [0.1, 0.15) is 11.9 Å². The van der Waals surface area contributed by atoms with Gasteiger partial charge < -0.3 is 9.84 Å². The third-order valence-corrected chi connectivity index (χ3v) is 2.12. The summed E-state index contributed by atoms with van der Waals surface area (Å²) >= 11 is 0. The van der Waals surface area contributed by atoms with E-state index in [4.69, 9.17) is 4.74 Å². The fraction of sp³-hybridized carbons (Fsp3) is 0.538. The van der Waals surface area contributed by atoms with E-state index < -0.39 is 6.10 Å². The number of benzene rings is 1. The second kappa shape index (κ2) is 4.93. The van der Waals surface area contributed by atoms with Crippen molar-refractivity contribution in [1.82, 2.24) is 0 Å². The minimum Gasteiger partial charge on any atom is -0.386 e. The maximum Gasteiger partial charge on any atom is 0.123 e. The summed E-state index contributed by atoms with van der Waals surface area (Å²) in [5, 5.41) is 9.84. The summed E-state index contributed by atoms with van der Waals surface area (Å²) in [5.74, 6) is -0.329. The summed E-state index contributed by atoms with van der Waals surface area (Å²) in [7, 11) is 0. The topological polar surface area (TPSA) is 29.5 Å². The number of aryl methyl sites for hydroxylation is 1. The Bertz CT molecular complexity index is 335. The van der Waals surface area contributed by atoms with E-state index in [0.717, 1.165) is 5.56 Å². The van der Waals surface area contributed by atoms with Gasteiger partial charge in [0.2, 0.25) is 0 Å². The first-order valence-corrected chi connectivity index (χ1v) is 5.37. The third-order valence-electron chi connectivity index (χ3n) is 2.12. The Morgan fingerprint density at radius 3 is 2.44 bits per heavy atom. The van der Waals surface area contributed by atoms with Gasteiger partial charge in [-0.3, -0.25) is 0 Å². The zero-order valence-electron chi connectivity index (χ0n) is 10.2. The molecule has 0 bridgehead atoms. The molecular formula is C13H19FO2. The molecule has 0 saturated carbocycles. The standard InChI is InChI=1S/C13H19FO2/c1-9-5-10(7-11(14)6-9)12(15)8-16-13(2,3)4/h5-7,12,15H,8H2,1-4H3. The van der Waals surface area contributed by atoms with Gasteiger partial charge in [-0.05, 0) is 51.0 Å². The first-order chi connectivity index (χ1) is 7.28. The average molecular weight is 226 g/mol. The quantitative estimate of drug-likeness (QED) is 0.858. The van der Waals surface area contributed by atoms with Crippen LogP contribution in [0.5, 0.6) is 0 Å². The van der Waals surface area contributed by atoms with Crippen molar-refractivity contribution in [3.05, 3.63) is 35.1 Å². The maximum absolute atomic E-state index is 13.1. The molecule has 0 radical (unpaired) electrons. The molecule has 0 heterocycles. The largest absolute Gasteiger partial charge is 0.386 e. The highest BCUT2D eigenvalue weighted by atomic mass is 19.1. The van der Waals surface area contributed by atoms with Gasteiger partial charge in [-0.25, -0.2) is 4.39 Å². The lowest BCUT2D eigenvalue weighted by atomic mass is 10.1. The van der Waals surface area contributed by atoms with Gasteiger partial charge in [-0.15, -0.1) is 0 Å². The van der Waals surface area contributed by atoms with Gasteiger partial charge in [0.05, 0.1) is 12.2 Å². The van der Waals surface area contributed by atoms with Crippen LogP contribution in [0.3, 0.4) is 0 Å². The maximum atomic E-state index is 13.1. The number of hydrogen-bond acceptors (Lipinski definition) is 2. The summed E-state index contributed by atoms with van der Waals surface area (Å²) in [5.41, 5.74) is 1.05. The monoisotopic (exact) mass is 226 g/mol. The van der Waals surface area contributed by atoms with E-state index in [2.05, 4.69) is 0 Å². The van der Waals surface area contributed by atoms with Crippen molar-refractivity contribution >= 4 is 0 Å². The molecule has 1 aromatic carbocycles. The van der Waals surface area contributed by atoms with E-state index in [1.807, 2.05) is 20.8 Å². The van der Waals surface area contributed by atoms with E-state index in [-0.39, 0.29) is 18.0 Å². The molecule has 16 heavy (non-hydrogen) atoms. The predicted octanol–water partition coefficient (Wildman–Crippen LogP) is 2.98. The lowest BCUT2D eigenvalue weighted by molar-refractivity contribution is -0.0496. The number of aliphatic hydroxyl groups is 1. The second-order valence-corrected chi connectivity index (χ2v) is 5.00. The SMILES string of the molecule is Cc1cc(F)cc(C(O)COC(C)(C)C)c1. The Hall–Kier alpha value is -0.930. The summed E-state index contributed by atoms with van der Waals surface area (Å²) in [4.78, 5) is 0. The van der Waals surface area contributed by atoms with Crippen LogP contribution in [0.4, 0.5) is 4.39 Å². The van der Waals surface area contributed by atoms with Crippen LogP contribution in [0.2, 0.25) is 0 Å². The molecule has 1 rings (SSSR count). The van der Waals surface area contributed by atoms with Crippen LogP contribution < -0.4 is 0 Å². The van der Waals surface area contributed by atoms with Crippen LogP contribution >= 0.6 is 0 Å². The molecule has 0 aromatic heterocycles. The smallest absolute Gasteiger partial charge is 0.123 e. The molecule has 0 aliphatic rings. The molecule has 1 N–H and O–H groups in total. The van der Waals surface area contributed by atoms with Gasteiger partial charge in [0.25, 0.3) is 0 Å². The highest BCUT2D eigenvalue weighted by molar-refractivity contribution is 5.25. The molecule has 0 saturated heterocycles. The van der Waals surface area contributed by atoms with Crippen LogP contribution in [0.1, 0.15) is 38.0 Å². The van der Waals surface area contributed by atoms with Crippen molar-refractivity contribution in [2.45, 2.75) is 39.4 Å². The molecule has 90 valence electrons. The summed E-state index contributed by atoms with van der Waals surface area (Å²) in [6, 6.07) is 4.53. The van der Waals surface area contributed by atoms with E-state index >= 15 is 0 Å². The van der Waals surface area contributed by atoms with Gasteiger partial charge in [0.15, 0.2) is 0 Å². The molecule has 1 aromatic rings.